The number of anilines is 1. The van der Waals surface area contributed by atoms with E-state index in [1.165, 1.54) is 0 Å². The maximum Gasteiger partial charge on any atom is 0.320 e. The summed E-state index contributed by atoms with van der Waals surface area (Å²) in [5.74, 6) is 0.598. The fourth-order valence-corrected chi connectivity index (χ4v) is 2.76. The molecule has 1 aromatic heterocycles. The Kier molecular flexibility index (Phi) is 6.32. The normalized spacial score (nSPS) is 13.2. The monoisotopic (exact) mass is 327 g/mol. The summed E-state index contributed by atoms with van der Waals surface area (Å²) in [5.41, 5.74) is 3.01. The van der Waals surface area contributed by atoms with Crippen LogP contribution in [0, 0.1) is 13.8 Å². The van der Waals surface area contributed by atoms with Crippen molar-refractivity contribution >= 4 is 11.8 Å². The van der Waals surface area contributed by atoms with E-state index in [0.717, 1.165) is 16.8 Å². The Labute approximate surface area is 143 Å². The number of carbonyl (C=O) groups excluding carboxylic acids is 1. The van der Waals surface area contributed by atoms with E-state index >= 15 is 0 Å². The molecule has 2 aromatic rings. The summed E-state index contributed by atoms with van der Waals surface area (Å²) >= 11 is 0. The highest BCUT2D eigenvalue weighted by molar-refractivity contribution is 5.88. The maximum atomic E-state index is 12.1. The van der Waals surface area contributed by atoms with E-state index in [4.69, 9.17) is 0 Å². The van der Waals surface area contributed by atoms with Gasteiger partial charge in [-0.25, -0.2) is 9.78 Å². The number of pyridine rings is 1. The standard InChI is InChI=1S/C19H25N3O2/c1-13-9-14(2)21-18(10-13)22-19(24)20-12-17(11-15(3)23)16-7-5-4-6-8-16/h4-10,15,17,23H,11-12H2,1-3H3,(H2,20,21,22,24)/t15-,17-/m1/s1. The molecule has 0 unspecified atom stereocenters. The van der Waals surface area contributed by atoms with E-state index in [2.05, 4.69) is 15.6 Å². The molecular weight excluding hydrogens is 302 g/mol. The molecule has 0 aliphatic carbocycles. The molecule has 0 radical (unpaired) electrons. The van der Waals surface area contributed by atoms with Gasteiger partial charge in [0.15, 0.2) is 0 Å². The topological polar surface area (TPSA) is 74.2 Å². The number of carbonyl (C=O) groups is 1. The molecule has 0 saturated heterocycles. The van der Waals surface area contributed by atoms with Gasteiger partial charge >= 0.3 is 6.03 Å². The summed E-state index contributed by atoms with van der Waals surface area (Å²) in [6.07, 6.45) is 0.160. The molecule has 2 rings (SSSR count). The van der Waals surface area contributed by atoms with Crippen molar-refractivity contribution in [2.75, 3.05) is 11.9 Å². The lowest BCUT2D eigenvalue weighted by Gasteiger charge is -2.20. The lowest BCUT2D eigenvalue weighted by Crippen LogP contribution is -2.33. The second-order valence-electron chi connectivity index (χ2n) is 6.20. The van der Waals surface area contributed by atoms with Crippen molar-refractivity contribution in [3.05, 3.63) is 59.3 Å². The van der Waals surface area contributed by atoms with Gasteiger partial charge in [-0.1, -0.05) is 30.3 Å². The molecule has 5 nitrogen and oxygen atoms in total. The van der Waals surface area contributed by atoms with Crippen LogP contribution < -0.4 is 10.6 Å². The molecule has 5 heteroatoms. The average molecular weight is 327 g/mol. The molecule has 2 amide bonds. The zero-order valence-electron chi connectivity index (χ0n) is 14.4. The van der Waals surface area contributed by atoms with Crippen LogP contribution in [0.2, 0.25) is 0 Å². The number of nitrogens with one attached hydrogen (secondary N) is 2. The van der Waals surface area contributed by atoms with Gasteiger partial charge in [-0.2, -0.15) is 0 Å². The third-order valence-electron chi connectivity index (χ3n) is 3.74. The molecule has 0 fully saturated rings. The number of amides is 2. The number of hydrogen-bond donors (Lipinski definition) is 3. The van der Waals surface area contributed by atoms with Crippen LogP contribution in [-0.2, 0) is 0 Å². The molecule has 0 bridgehead atoms. The van der Waals surface area contributed by atoms with Crippen molar-refractivity contribution in [2.24, 2.45) is 0 Å². The molecule has 128 valence electrons. The van der Waals surface area contributed by atoms with Crippen molar-refractivity contribution in [3.8, 4) is 0 Å². The Bertz CT molecular complexity index is 651. The highest BCUT2D eigenvalue weighted by Gasteiger charge is 2.15. The summed E-state index contributed by atoms with van der Waals surface area (Å²) in [5, 5.41) is 15.3. The number of nitrogens with zero attached hydrogens (tertiary/aromatic N) is 1. The SMILES string of the molecule is Cc1cc(C)nc(NC(=O)NC[C@@H](C[C@@H](C)O)c2ccccc2)c1. The number of hydrogen-bond acceptors (Lipinski definition) is 3. The van der Waals surface area contributed by atoms with E-state index < -0.39 is 6.10 Å². The molecular formula is C19H25N3O2. The van der Waals surface area contributed by atoms with Gasteiger partial charge in [0.25, 0.3) is 0 Å². The fourth-order valence-electron chi connectivity index (χ4n) is 2.76. The minimum atomic E-state index is -0.429. The second kappa shape index (κ2) is 8.45. The first-order chi connectivity index (χ1) is 11.4. The summed E-state index contributed by atoms with van der Waals surface area (Å²) in [6, 6.07) is 13.4. The Balaban J connectivity index is 1.96. The van der Waals surface area contributed by atoms with Gasteiger partial charge in [0.05, 0.1) is 6.10 Å². The molecule has 0 saturated carbocycles. The predicted molar refractivity (Wildman–Crippen MR) is 96.2 cm³/mol. The number of urea groups is 1. The Morgan fingerprint density at radius 3 is 2.54 bits per heavy atom. The zero-order valence-corrected chi connectivity index (χ0v) is 14.4. The first-order valence-electron chi connectivity index (χ1n) is 8.17. The first-order valence-corrected chi connectivity index (χ1v) is 8.17. The number of aliphatic hydroxyl groups excluding tert-OH is 1. The summed E-state index contributed by atoms with van der Waals surface area (Å²) < 4.78 is 0. The minimum Gasteiger partial charge on any atom is -0.393 e. The van der Waals surface area contributed by atoms with Crippen LogP contribution >= 0.6 is 0 Å². The van der Waals surface area contributed by atoms with Crippen LogP contribution in [0.4, 0.5) is 10.6 Å². The lowest BCUT2D eigenvalue weighted by atomic mass is 9.93. The number of aromatic nitrogens is 1. The van der Waals surface area contributed by atoms with Crippen molar-refractivity contribution in [2.45, 2.75) is 39.2 Å². The van der Waals surface area contributed by atoms with Gasteiger partial charge in [0.1, 0.15) is 5.82 Å². The molecule has 0 aliphatic heterocycles. The van der Waals surface area contributed by atoms with Crippen molar-refractivity contribution in [1.82, 2.24) is 10.3 Å². The quantitative estimate of drug-likeness (QED) is 0.761. The largest absolute Gasteiger partial charge is 0.393 e. The molecule has 24 heavy (non-hydrogen) atoms. The highest BCUT2D eigenvalue weighted by Crippen LogP contribution is 2.20. The summed E-state index contributed by atoms with van der Waals surface area (Å²) in [4.78, 5) is 16.4. The van der Waals surface area contributed by atoms with Crippen molar-refractivity contribution < 1.29 is 9.90 Å². The van der Waals surface area contributed by atoms with Gasteiger partial charge in [-0.3, -0.25) is 5.32 Å². The average Bonchev–Trinajstić information content (AvgIpc) is 2.51. The zero-order chi connectivity index (χ0) is 17.5. The maximum absolute atomic E-state index is 12.1. The highest BCUT2D eigenvalue weighted by atomic mass is 16.3. The van der Waals surface area contributed by atoms with Gasteiger partial charge < -0.3 is 10.4 Å². The third-order valence-corrected chi connectivity index (χ3v) is 3.74. The second-order valence-corrected chi connectivity index (χ2v) is 6.20. The fraction of sp³-hybridized carbons (Fsp3) is 0.368. The van der Waals surface area contributed by atoms with Crippen LogP contribution in [0.1, 0.15) is 36.1 Å². The van der Waals surface area contributed by atoms with Crippen LogP contribution in [0.3, 0.4) is 0 Å². The Hall–Kier alpha value is -2.40. The summed E-state index contributed by atoms with van der Waals surface area (Å²) in [6.45, 7) is 6.07. The molecule has 0 spiro atoms. The molecule has 2 atom stereocenters. The molecule has 3 N–H and O–H groups in total. The van der Waals surface area contributed by atoms with Crippen LogP contribution in [0.5, 0.6) is 0 Å². The predicted octanol–water partition coefficient (Wildman–Crippen LogP) is 3.37. The Morgan fingerprint density at radius 2 is 1.92 bits per heavy atom. The van der Waals surface area contributed by atoms with Crippen molar-refractivity contribution in [3.63, 3.8) is 0 Å². The number of aliphatic hydroxyl groups is 1. The summed E-state index contributed by atoms with van der Waals surface area (Å²) in [7, 11) is 0. The molecule has 1 aromatic carbocycles. The number of aryl methyl sites for hydroxylation is 2. The van der Waals surface area contributed by atoms with Crippen LogP contribution in [0.25, 0.3) is 0 Å². The third kappa shape index (κ3) is 5.66. The van der Waals surface area contributed by atoms with E-state index in [1.807, 2.05) is 56.3 Å². The van der Waals surface area contributed by atoms with Gasteiger partial charge in [0.2, 0.25) is 0 Å². The lowest BCUT2D eigenvalue weighted by molar-refractivity contribution is 0.173. The molecule has 1 heterocycles. The smallest absolute Gasteiger partial charge is 0.320 e. The minimum absolute atomic E-state index is 0.0594. The number of rotatable bonds is 6. The Morgan fingerprint density at radius 1 is 1.21 bits per heavy atom. The van der Waals surface area contributed by atoms with E-state index in [1.54, 1.807) is 6.92 Å². The first kappa shape index (κ1) is 17.9. The van der Waals surface area contributed by atoms with E-state index in [9.17, 15) is 9.90 Å². The van der Waals surface area contributed by atoms with Crippen molar-refractivity contribution in [1.29, 1.82) is 0 Å². The van der Waals surface area contributed by atoms with Gasteiger partial charge in [-0.15, -0.1) is 0 Å². The van der Waals surface area contributed by atoms with Gasteiger partial charge in [0, 0.05) is 18.2 Å². The van der Waals surface area contributed by atoms with Crippen LogP contribution in [0.15, 0.2) is 42.5 Å². The van der Waals surface area contributed by atoms with E-state index in [0.29, 0.717) is 18.8 Å². The van der Waals surface area contributed by atoms with E-state index in [-0.39, 0.29) is 11.9 Å². The molecule has 0 aliphatic rings. The number of benzene rings is 1. The van der Waals surface area contributed by atoms with Gasteiger partial charge in [-0.05, 0) is 50.5 Å². The van der Waals surface area contributed by atoms with Crippen LogP contribution in [-0.4, -0.2) is 28.8 Å².